The van der Waals surface area contributed by atoms with Gasteiger partial charge in [0, 0.05) is 128 Å². The van der Waals surface area contributed by atoms with Crippen molar-refractivity contribution in [3.8, 4) is 35.9 Å². The lowest BCUT2D eigenvalue weighted by molar-refractivity contribution is -0.266. The van der Waals surface area contributed by atoms with Crippen LogP contribution in [0.15, 0.2) is 42.6 Å². The van der Waals surface area contributed by atoms with Gasteiger partial charge in [0.05, 0.1) is 90.1 Å². The first-order valence-corrected chi connectivity index (χ1v) is 40.3. The number of morpholine rings is 1. The SMILES string of the molecule is COc1ccnc2n[nH]c(C3CCN(c4nc(OC[C@H]5C[C@H]5C#N)nc(C(=O)NC56CC(C7CN(C(O)c8cc(N9CCC(c%10[nH]nc%11nc(CC(C)(O)[C@@H](C)NC(=O)c%12nc(OCC%13CC(F)C%13)nc(N%13CCC(c%14ccc(N)c(C(N)=O)n%14)CC%13)n%12)ccc%10%11)CC9)nc(OCC9(C#N)CC9)n8)CC(C8CC8)O7)(C5)C6)n4)CC3)c12. The average Bonchev–Trinajstić information content (AvgIpc) is 1.63. The summed E-state index contributed by atoms with van der Waals surface area (Å²) in [5.41, 5.74) is 13.5. The van der Waals surface area contributed by atoms with E-state index in [-0.39, 0.29) is 126 Å². The van der Waals surface area contributed by atoms with E-state index in [1.807, 2.05) is 29.2 Å². The Labute approximate surface area is 661 Å². The van der Waals surface area contributed by atoms with E-state index in [1.54, 1.807) is 39.3 Å². The highest BCUT2D eigenvalue weighted by molar-refractivity contribution is 5.96. The molecule has 11 aliphatic rings. The number of nitrogens with zero attached hydrogens (tertiary/aromatic N) is 19. The van der Waals surface area contributed by atoms with E-state index in [9.17, 15) is 39.5 Å². The van der Waals surface area contributed by atoms with Crippen molar-refractivity contribution in [3.05, 3.63) is 88.4 Å². The topological polar surface area (TPSA) is 474 Å². The number of carbonyl (C=O) groups excluding carboxylic acids is 3. The standard InChI is InChI=1S/C79H94FN25O10/c1-41(86-68(107)66-91-71(95-74(93-66)112-34-42-26-49(80)27-42)103-22-11-43(12-23-103)53-9-8-52(83)62(88-53)63(84)106)76(2,110)30-50-6-7-51-60(98-100-64(51)87-50)45-13-20-102(21-14-45)58-29-54(89-73(90-58)114-40-77(39-82)17-18-77)70(109)105-32-56(44-4-5-44)115-57(33-105)78-36-79(37-78,38-78)97-69(108)67-92-72(96-75(94-67)113-35-48-28-47(48)31-81)104-24-15-46(16-25-104)61-59-55(111-3)10-19-85-65(59)101-99-61/h6-10,19,29,41-49,56-57,70,109-110H,4-5,11-18,20-28,30,32-38,40,83H2,1-3H3,(H2,84,106)(H,86,107)(H,97,108)(H,85,99,101)(H,87,98,100)/t41-,42?,47+,48-,49?,56?,57?,70?,76?,78?,79?/m1/s1. The minimum atomic E-state index is -1.52. The van der Waals surface area contributed by atoms with E-state index in [0.717, 1.165) is 54.3 Å². The number of aromatic amines is 2. The summed E-state index contributed by atoms with van der Waals surface area (Å²) in [4.78, 5) is 100. The van der Waals surface area contributed by atoms with Crippen LogP contribution in [0.25, 0.3) is 22.1 Å². The Bertz CT molecular complexity index is 5110. The molecule has 0 aromatic carbocycles. The van der Waals surface area contributed by atoms with E-state index < -0.39 is 52.7 Å². The van der Waals surface area contributed by atoms with Crippen molar-refractivity contribution in [2.45, 2.75) is 183 Å². The summed E-state index contributed by atoms with van der Waals surface area (Å²) in [6.45, 7) is 8.11. The molecule has 2 bridgehead atoms. The minimum Gasteiger partial charge on any atom is -0.496 e. The number of amides is 3. The monoisotopic (exact) mass is 1570 g/mol. The molecule has 3 amide bonds. The van der Waals surface area contributed by atoms with E-state index in [0.29, 0.717) is 175 Å². The fourth-order valence-electron chi connectivity index (χ4n) is 18.2. The summed E-state index contributed by atoms with van der Waals surface area (Å²) >= 11 is 0. The lowest BCUT2D eigenvalue weighted by Crippen LogP contribution is -2.79. The molecular formula is C79H94FN25O10. The minimum absolute atomic E-state index is 0.0110. The summed E-state index contributed by atoms with van der Waals surface area (Å²) in [6.07, 6.45) is 10.5. The number of carbonyl (C=O) groups is 3. The third-order valence-corrected chi connectivity index (χ3v) is 25.9. The molecule has 7 aliphatic carbocycles. The first-order chi connectivity index (χ1) is 55.6. The van der Waals surface area contributed by atoms with E-state index >= 15 is 0 Å². The maximum atomic E-state index is 14.5. The number of halogens is 1. The van der Waals surface area contributed by atoms with Crippen LogP contribution < -0.4 is 55.7 Å². The smallest absolute Gasteiger partial charge is 0.321 e. The number of pyridine rings is 3. The number of aliphatic hydroxyl groups excluding tert-OH is 1. The molecule has 7 atom stereocenters. The molecule has 115 heavy (non-hydrogen) atoms. The number of primary amides is 1. The predicted octanol–water partition coefficient (Wildman–Crippen LogP) is 5.91. The van der Waals surface area contributed by atoms with Crippen molar-refractivity contribution in [1.29, 1.82) is 10.5 Å². The molecule has 4 saturated heterocycles. The molecule has 4 unspecified atom stereocenters. The molecular weight excluding hydrogens is 1480 g/mol. The van der Waals surface area contributed by atoms with Crippen LogP contribution in [0.1, 0.15) is 201 Å². The first-order valence-electron chi connectivity index (χ1n) is 40.3. The molecule has 8 aromatic heterocycles. The van der Waals surface area contributed by atoms with Gasteiger partial charge in [0.1, 0.15) is 24.3 Å². The third kappa shape index (κ3) is 15.3. The van der Waals surface area contributed by atoms with Gasteiger partial charge < -0.3 is 70.7 Å². The molecule has 11 fully saturated rings. The molecule has 0 spiro atoms. The number of alkyl halides is 1. The average molecular weight is 1570 g/mol. The molecule has 0 radical (unpaired) electrons. The van der Waals surface area contributed by atoms with Gasteiger partial charge >= 0.3 is 18.0 Å². The molecule has 12 heterocycles. The lowest BCUT2D eigenvalue weighted by atomic mass is 9.37. The van der Waals surface area contributed by atoms with E-state index in [2.05, 4.69) is 87.8 Å². The Morgan fingerprint density at radius 3 is 2.06 bits per heavy atom. The highest BCUT2D eigenvalue weighted by atomic mass is 19.1. The number of piperidine rings is 3. The van der Waals surface area contributed by atoms with Crippen molar-refractivity contribution < 1.29 is 52.7 Å². The van der Waals surface area contributed by atoms with Crippen LogP contribution in [0.3, 0.4) is 0 Å². The summed E-state index contributed by atoms with van der Waals surface area (Å²) in [5, 5.41) is 67.9. The fourth-order valence-corrected chi connectivity index (χ4v) is 18.2. The Morgan fingerprint density at radius 1 is 0.757 bits per heavy atom. The van der Waals surface area contributed by atoms with Gasteiger partial charge in [0.2, 0.25) is 23.5 Å². The maximum Gasteiger partial charge on any atom is 0.321 e. The van der Waals surface area contributed by atoms with Gasteiger partial charge in [-0.2, -0.15) is 60.6 Å². The molecule has 602 valence electrons. The van der Waals surface area contributed by atoms with E-state index in [1.165, 1.54) is 0 Å². The number of hydrogen-bond donors (Lipinski definition) is 8. The molecule has 7 saturated carbocycles. The summed E-state index contributed by atoms with van der Waals surface area (Å²) in [7, 11) is 1.64. The second-order valence-electron chi connectivity index (χ2n) is 34.1. The number of anilines is 4. The number of nitrogens with two attached hydrogens (primary N) is 2. The second kappa shape index (κ2) is 30.0. The van der Waals surface area contributed by atoms with Gasteiger partial charge in [0.25, 0.3) is 17.7 Å². The number of ether oxygens (including phenoxy) is 5. The molecule has 4 aliphatic heterocycles. The van der Waals surface area contributed by atoms with Gasteiger partial charge in [-0.25, -0.2) is 19.3 Å². The van der Waals surface area contributed by atoms with Crippen LogP contribution >= 0.6 is 0 Å². The zero-order valence-corrected chi connectivity index (χ0v) is 64.5. The maximum absolute atomic E-state index is 14.5. The van der Waals surface area contributed by atoms with Crippen LogP contribution in [0.2, 0.25) is 0 Å². The van der Waals surface area contributed by atoms with Crippen molar-refractivity contribution in [1.82, 2.24) is 90.8 Å². The number of nitrogens with one attached hydrogen (secondary N) is 4. The summed E-state index contributed by atoms with van der Waals surface area (Å²) < 4.78 is 44.9. The number of methoxy groups -OCH3 is 1. The quantitative estimate of drug-likeness (QED) is 0.0282. The van der Waals surface area contributed by atoms with Crippen LogP contribution in [0, 0.1) is 57.2 Å². The zero-order valence-electron chi connectivity index (χ0n) is 64.5. The number of hydrogen-bond acceptors (Lipinski definition) is 30. The molecule has 36 heteroatoms. The Kier molecular flexibility index (Phi) is 19.7. The van der Waals surface area contributed by atoms with Gasteiger partial charge in [0.15, 0.2) is 23.2 Å². The Morgan fingerprint density at radius 2 is 1.41 bits per heavy atom. The number of rotatable bonds is 28. The summed E-state index contributed by atoms with van der Waals surface area (Å²) in [6, 6.07) is 14.9. The molecule has 10 N–H and O–H groups in total. The summed E-state index contributed by atoms with van der Waals surface area (Å²) in [5.74, 6) is 0.321. The van der Waals surface area contributed by atoms with Gasteiger partial charge in [-0.1, -0.05) is 0 Å². The lowest BCUT2D eigenvalue weighted by Gasteiger charge is -2.73. The van der Waals surface area contributed by atoms with Gasteiger partial charge in [-0.3, -0.25) is 29.5 Å². The fraction of sp³-hybridized carbons (Fsp3) is 0.595. The predicted molar refractivity (Wildman–Crippen MR) is 410 cm³/mol. The normalized spacial score (nSPS) is 26.4. The number of aliphatic hydroxyl groups is 2. The van der Waals surface area contributed by atoms with Crippen molar-refractivity contribution in [2.24, 2.45) is 40.2 Å². The zero-order chi connectivity index (χ0) is 79.2. The number of fused-ring (bicyclic) bond motifs is 2. The Hall–Kier alpha value is -11.0. The van der Waals surface area contributed by atoms with Gasteiger partial charge in [-0.15, -0.1) is 0 Å². The third-order valence-electron chi connectivity index (χ3n) is 25.9. The first kappa shape index (κ1) is 75.4. The van der Waals surface area contributed by atoms with Crippen LogP contribution in [0.5, 0.6) is 23.8 Å². The molecule has 8 aromatic rings. The van der Waals surface area contributed by atoms with Crippen LogP contribution in [-0.4, -0.2) is 223 Å². The highest BCUT2D eigenvalue weighted by Gasteiger charge is 2.72. The van der Waals surface area contributed by atoms with Crippen molar-refractivity contribution in [3.63, 3.8) is 0 Å². The number of nitriles is 2. The van der Waals surface area contributed by atoms with Gasteiger partial charge in [-0.05, 0) is 159 Å². The number of nitrogen functional groups attached to an aromatic ring is 1. The van der Waals surface area contributed by atoms with E-state index in [4.69, 9.17) is 60.1 Å². The second-order valence-corrected chi connectivity index (χ2v) is 34.1. The molecule has 19 rings (SSSR count). The molecule has 35 nitrogen and oxygen atoms in total. The highest BCUT2D eigenvalue weighted by Crippen LogP contribution is 2.70. The van der Waals surface area contributed by atoms with Crippen LogP contribution in [0.4, 0.5) is 27.8 Å². The Balaban J connectivity index is 0.509. The number of H-pyrrole nitrogens is 2. The van der Waals surface area contributed by atoms with Crippen LogP contribution in [-0.2, 0) is 11.2 Å². The van der Waals surface area contributed by atoms with Crippen molar-refractivity contribution >= 4 is 63.2 Å². The van der Waals surface area contributed by atoms with Crippen molar-refractivity contribution in [2.75, 3.05) is 99.7 Å². The number of aromatic nitrogens is 15. The largest absolute Gasteiger partial charge is 0.496 e.